The number of nitrogens with two attached hydrogens (primary N) is 2. The molecule has 1 aromatic rings. The van der Waals surface area contributed by atoms with Crippen LogP contribution >= 0.6 is 0 Å². The van der Waals surface area contributed by atoms with Crippen molar-refractivity contribution in [2.45, 2.75) is 43.4 Å². The molecule has 4 amide bonds. The van der Waals surface area contributed by atoms with Gasteiger partial charge in [0.2, 0.25) is 23.6 Å². The number of carbonyl (C=O) groups is 5. The number of primary amides is 1. The van der Waals surface area contributed by atoms with Gasteiger partial charge in [-0.1, -0.05) is 30.3 Å². The van der Waals surface area contributed by atoms with Crippen LogP contribution in [0.15, 0.2) is 30.3 Å². The molecule has 0 saturated carbocycles. The van der Waals surface area contributed by atoms with Gasteiger partial charge in [0, 0.05) is 6.42 Å². The van der Waals surface area contributed by atoms with Crippen molar-refractivity contribution in [2.75, 3.05) is 13.2 Å². The number of carboxylic acids is 1. The van der Waals surface area contributed by atoms with E-state index in [1.807, 2.05) is 5.32 Å². The van der Waals surface area contributed by atoms with Crippen molar-refractivity contribution in [3.63, 3.8) is 0 Å². The van der Waals surface area contributed by atoms with Crippen molar-refractivity contribution in [3.8, 4) is 0 Å². The zero-order valence-electron chi connectivity index (χ0n) is 17.8. The Labute approximate surface area is 189 Å². The maximum Gasteiger partial charge on any atom is 0.328 e. The largest absolute Gasteiger partial charge is 0.480 e. The molecule has 33 heavy (non-hydrogen) atoms. The highest BCUT2D eigenvalue weighted by atomic mass is 16.4. The van der Waals surface area contributed by atoms with E-state index in [-0.39, 0.29) is 19.3 Å². The van der Waals surface area contributed by atoms with E-state index in [1.54, 1.807) is 30.3 Å². The summed E-state index contributed by atoms with van der Waals surface area (Å²) in [5.74, 6) is -5.00. The summed E-state index contributed by atoms with van der Waals surface area (Å²) in [4.78, 5) is 59.4. The average molecular weight is 467 g/mol. The highest BCUT2D eigenvalue weighted by Crippen LogP contribution is 2.03. The van der Waals surface area contributed by atoms with E-state index in [0.717, 1.165) is 5.56 Å². The standard InChI is InChI=1S/C20H29N5O8/c21-12(8-11-4-2-1-3-5-11)17(29)24-14(9-26)19(31)23-13(6-7-16(22)28)18(30)25-15(10-27)20(32)33/h1-5,12-15,26-27H,6-10,21H2,(H2,22,28)(H,23,31)(H,24,29)(H,25,30)(H,32,33). The van der Waals surface area contributed by atoms with Crippen LogP contribution in [0.5, 0.6) is 0 Å². The first-order valence-corrected chi connectivity index (χ1v) is 10.0. The van der Waals surface area contributed by atoms with Crippen molar-refractivity contribution in [1.82, 2.24) is 16.0 Å². The molecule has 0 heterocycles. The Morgan fingerprint density at radius 1 is 0.818 bits per heavy atom. The first-order chi connectivity index (χ1) is 15.6. The van der Waals surface area contributed by atoms with Gasteiger partial charge in [-0.3, -0.25) is 19.2 Å². The molecule has 0 spiro atoms. The number of amides is 4. The summed E-state index contributed by atoms with van der Waals surface area (Å²) in [6.07, 6.45) is -0.439. The van der Waals surface area contributed by atoms with Gasteiger partial charge < -0.3 is 42.7 Å². The molecular formula is C20H29N5O8. The van der Waals surface area contributed by atoms with E-state index >= 15 is 0 Å². The number of aliphatic carboxylic acids is 1. The predicted molar refractivity (Wildman–Crippen MR) is 114 cm³/mol. The molecule has 13 heteroatoms. The van der Waals surface area contributed by atoms with Crippen LogP contribution < -0.4 is 27.4 Å². The van der Waals surface area contributed by atoms with E-state index < -0.39 is 67.0 Å². The third-order valence-corrected chi connectivity index (χ3v) is 4.56. The minimum Gasteiger partial charge on any atom is -0.480 e. The van der Waals surface area contributed by atoms with Gasteiger partial charge in [0.25, 0.3) is 0 Å². The summed E-state index contributed by atoms with van der Waals surface area (Å²) in [5.41, 5.74) is 11.7. The Morgan fingerprint density at radius 2 is 1.33 bits per heavy atom. The van der Waals surface area contributed by atoms with Crippen LogP contribution in [0.4, 0.5) is 0 Å². The second-order valence-electron chi connectivity index (χ2n) is 7.19. The molecule has 4 unspecified atom stereocenters. The molecule has 0 bridgehead atoms. The number of aliphatic hydroxyl groups is 2. The Hall–Kier alpha value is -3.55. The van der Waals surface area contributed by atoms with Gasteiger partial charge in [-0.05, 0) is 18.4 Å². The number of carboxylic acid groups (broad SMARTS) is 1. The molecule has 0 saturated heterocycles. The molecule has 0 aliphatic heterocycles. The SMILES string of the molecule is NC(=O)CCC(NC(=O)C(CO)NC(=O)C(N)Cc1ccccc1)C(=O)NC(CO)C(=O)O. The molecule has 4 atom stereocenters. The van der Waals surface area contributed by atoms with Gasteiger partial charge in [-0.2, -0.15) is 0 Å². The maximum absolute atomic E-state index is 12.6. The maximum atomic E-state index is 12.6. The minimum atomic E-state index is -1.64. The second kappa shape index (κ2) is 13.8. The monoisotopic (exact) mass is 467 g/mol. The van der Waals surface area contributed by atoms with Gasteiger partial charge in [0.1, 0.15) is 18.1 Å². The quantitative estimate of drug-likeness (QED) is 0.134. The zero-order valence-corrected chi connectivity index (χ0v) is 17.8. The Kier molecular flexibility index (Phi) is 11.5. The number of aliphatic hydroxyl groups excluding tert-OH is 2. The first-order valence-electron chi connectivity index (χ1n) is 10.0. The summed E-state index contributed by atoms with van der Waals surface area (Å²) >= 11 is 0. The summed E-state index contributed by atoms with van der Waals surface area (Å²) in [7, 11) is 0. The summed E-state index contributed by atoms with van der Waals surface area (Å²) in [6.45, 7) is -1.74. The first kappa shape index (κ1) is 27.5. The number of nitrogens with one attached hydrogen (secondary N) is 3. The number of carbonyl (C=O) groups excluding carboxylic acids is 4. The number of hydrogen-bond donors (Lipinski definition) is 8. The average Bonchev–Trinajstić information content (AvgIpc) is 2.78. The highest BCUT2D eigenvalue weighted by molar-refractivity contribution is 5.94. The number of benzene rings is 1. The van der Waals surface area contributed by atoms with Crippen LogP contribution in [-0.4, -0.2) is 82.3 Å². The lowest BCUT2D eigenvalue weighted by Gasteiger charge is -2.24. The molecular weight excluding hydrogens is 438 g/mol. The molecule has 0 aliphatic carbocycles. The van der Waals surface area contributed by atoms with Crippen LogP contribution in [0, 0.1) is 0 Å². The van der Waals surface area contributed by atoms with Gasteiger partial charge in [-0.15, -0.1) is 0 Å². The van der Waals surface area contributed by atoms with Gasteiger partial charge >= 0.3 is 5.97 Å². The fourth-order valence-corrected chi connectivity index (χ4v) is 2.72. The lowest BCUT2D eigenvalue weighted by molar-refractivity contribution is -0.143. The van der Waals surface area contributed by atoms with Crippen LogP contribution in [0.25, 0.3) is 0 Å². The molecule has 13 nitrogen and oxygen atoms in total. The van der Waals surface area contributed by atoms with Crippen LogP contribution in [0.1, 0.15) is 18.4 Å². The van der Waals surface area contributed by atoms with Crippen molar-refractivity contribution < 1.29 is 39.3 Å². The van der Waals surface area contributed by atoms with E-state index in [1.165, 1.54) is 0 Å². The lowest BCUT2D eigenvalue weighted by Crippen LogP contribution is -2.58. The predicted octanol–water partition coefficient (Wildman–Crippen LogP) is -3.65. The molecule has 182 valence electrons. The normalized spacial score (nSPS) is 14.3. The van der Waals surface area contributed by atoms with Crippen molar-refractivity contribution in [2.24, 2.45) is 11.5 Å². The number of hydrogen-bond acceptors (Lipinski definition) is 8. The summed E-state index contributed by atoms with van der Waals surface area (Å²) < 4.78 is 0. The summed E-state index contributed by atoms with van der Waals surface area (Å²) in [6, 6.07) is 3.30. The fraction of sp³-hybridized carbons (Fsp3) is 0.450. The molecule has 1 rings (SSSR count). The smallest absolute Gasteiger partial charge is 0.328 e. The van der Waals surface area contributed by atoms with Crippen molar-refractivity contribution >= 4 is 29.6 Å². The van der Waals surface area contributed by atoms with E-state index in [0.29, 0.717) is 0 Å². The second-order valence-corrected chi connectivity index (χ2v) is 7.19. The third-order valence-electron chi connectivity index (χ3n) is 4.56. The Balaban J connectivity index is 2.82. The van der Waals surface area contributed by atoms with Gasteiger partial charge in [0.05, 0.1) is 19.3 Å². The molecule has 0 radical (unpaired) electrons. The molecule has 10 N–H and O–H groups in total. The highest BCUT2D eigenvalue weighted by Gasteiger charge is 2.30. The van der Waals surface area contributed by atoms with Crippen LogP contribution in [0.2, 0.25) is 0 Å². The zero-order chi connectivity index (χ0) is 25.0. The van der Waals surface area contributed by atoms with E-state index in [9.17, 15) is 29.1 Å². The van der Waals surface area contributed by atoms with Crippen LogP contribution in [-0.2, 0) is 30.4 Å². The van der Waals surface area contributed by atoms with Gasteiger partial charge in [0.15, 0.2) is 0 Å². The van der Waals surface area contributed by atoms with Crippen molar-refractivity contribution in [3.05, 3.63) is 35.9 Å². The topological polar surface area (TPSA) is 234 Å². The lowest BCUT2D eigenvalue weighted by atomic mass is 10.1. The van der Waals surface area contributed by atoms with Gasteiger partial charge in [-0.25, -0.2) is 4.79 Å². The molecule has 0 aromatic heterocycles. The van der Waals surface area contributed by atoms with E-state index in [4.69, 9.17) is 21.7 Å². The molecule has 0 aliphatic rings. The minimum absolute atomic E-state index is 0.174. The molecule has 0 fully saturated rings. The third kappa shape index (κ3) is 9.64. The summed E-state index contributed by atoms with van der Waals surface area (Å²) in [5, 5.41) is 34.1. The van der Waals surface area contributed by atoms with Crippen molar-refractivity contribution in [1.29, 1.82) is 0 Å². The van der Waals surface area contributed by atoms with E-state index in [2.05, 4.69) is 10.6 Å². The Bertz CT molecular complexity index is 835. The fourth-order valence-electron chi connectivity index (χ4n) is 2.72. The van der Waals surface area contributed by atoms with Crippen LogP contribution in [0.3, 0.4) is 0 Å². The molecule has 1 aromatic carbocycles. The Morgan fingerprint density at radius 3 is 1.85 bits per heavy atom. The number of rotatable bonds is 14.